The topological polar surface area (TPSA) is 46.2 Å². The summed E-state index contributed by atoms with van der Waals surface area (Å²) in [6.07, 6.45) is 1.03. The molecule has 2 nitrogen and oxygen atoms in total. The molecule has 0 fully saturated rings. The molecule has 0 bridgehead atoms. The normalized spacial score (nSPS) is 11.5. The van der Waals surface area contributed by atoms with Crippen molar-refractivity contribution in [3.63, 3.8) is 0 Å². The lowest BCUT2D eigenvalue weighted by molar-refractivity contribution is 0.318. The van der Waals surface area contributed by atoms with E-state index in [1.165, 1.54) is 5.56 Å². The summed E-state index contributed by atoms with van der Waals surface area (Å²) in [6.45, 7) is 4.85. The number of rotatable bonds is 3. The zero-order chi connectivity index (χ0) is 11.7. The van der Waals surface area contributed by atoms with Crippen molar-refractivity contribution in [1.82, 2.24) is 0 Å². The summed E-state index contributed by atoms with van der Waals surface area (Å²) in [6, 6.07) is 7.96. The van der Waals surface area contributed by atoms with Crippen molar-refractivity contribution in [2.75, 3.05) is 13.2 Å². The van der Waals surface area contributed by atoms with E-state index >= 15 is 0 Å². The highest BCUT2D eigenvalue weighted by Crippen LogP contribution is 2.19. The smallest absolute Gasteiger partial charge is 0.0406 e. The Morgan fingerprint density at radius 3 is 2.20 bits per heavy atom. The van der Waals surface area contributed by atoms with Gasteiger partial charge in [-0.05, 0) is 43.5 Å². The predicted octanol–water partition coefficient (Wildman–Crippen LogP) is 2.79. The molecule has 0 saturated carbocycles. The van der Waals surface area contributed by atoms with Crippen LogP contribution in [-0.2, 0) is 0 Å². The molecule has 0 aliphatic heterocycles. The fourth-order valence-electron chi connectivity index (χ4n) is 1.21. The van der Waals surface area contributed by atoms with Crippen molar-refractivity contribution >= 4 is 11.6 Å². The number of nitrogens with two attached hydrogens (primary N) is 1. The lowest BCUT2D eigenvalue weighted by Gasteiger charge is -2.09. The molecular weight excluding hydrogens is 210 g/mol. The third-order valence-corrected chi connectivity index (χ3v) is 2.29. The minimum atomic E-state index is 0.250. The van der Waals surface area contributed by atoms with Crippen LogP contribution in [0.2, 0.25) is 5.02 Å². The van der Waals surface area contributed by atoms with Gasteiger partial charge in [-0.25, -0.2) is 0 Å². The summed E-state index contributed by atoms with van der Waals surface area (Å²) in [4.78, 5) is 0. The molecule has 86 valence electrons. The Balaban J connectivity index is 0.000000583. The zero-order valence-electron chi connectivity index (χ0n) is 9.41. The molecule has 0 aromatic heterocycles. The van der Waals surface area contributed by atoms with Crippen molar-refractivity contribution < 1.29 is 5.11 Å². The second-order valence-corrected chi connectivity index (χ2v) is 3.78. The molecule has 1 aromatic rings. The van der Waals surface area contributed by atoms with E-state index in [0.717, 1.165) is 18.0 Å². The lowest BCUT2D eigenvalue weighted by atomic mass is 9.98. The molecule has 0 radical (unpaired) electrons. The van der Waals surface area contributed by atoms with E-state index in [2.05, 4.69) is 19.1 Å². The van der Waals surface area contributed by atoms with Gasteiger partial charge in [0.1, 0.15) is 0 Å². The molecule has 0 saturated heterocycles. The molecule has 1 unspecified atom stereocenters. The van der Waals surface area contributed by atoms with Crippen LogP contribution >= 0.6 is 11.6 Å². The van der Waals surface area contributed by atoms with Gasteiger partial charge in [-0.3, -0.25) is 0 Å². The Morgan fingerprint density at radius 1 is 1.33 bits per heavy atom. The van der Waals surface area contributed by atoms with Gasteiger partial charge >= 0.3 is 0 Å². The molecule has 0 spiro atoms. The molecule has 0 amide bonds. The molecule has 1 aromatic carbocycles. The van der Waals surface area contributed by atoms with Gasteiger partial charge in [-0.1, -0.05) is 30.7 Å². The van der Waals surface area contributed by atoms with Crippen molar-refractivity contribution in [2.24, 2.45) is 5.73 Å². The number of aliphatic hydroxyl groups excluding tert-OH is 1. The molecule has 0 aliphatic rings. The first-order chi connectivity index (χ1) is 7.15. The minimum absolute atomic E-state index is 0.250. The average molecular weight is 230 g/mol. The van der Waals surface area contributed by atoms with Crippen LogP contribution in [0.25, 0.3) is 0 Å². The fourth-order valence-corrected chi connectivity index (χ4v) is 1.33. The van der Waals surface area contributed by atoms with Crippen LogP contribution in [0.15, 0.2) is 24.3 Å². The molecule has 0 aliphatic carbocycles. The number of benzene rings is 1. The van der Waals surface area contributed by atoms with Crippen molar-refractivity contribution in [3.8, 4) is 0 Å². The van der Waals surface area contributed by atoms with Crippen LogP contribution in [0.5, 0.6) is 0 Å². The number of halogens is 1. The Kier molecular flexibility index (Phi) is 8.38. The van der Waals surface area contributed by atoms with E-state index in [-0.39, 0.29) is 6.61 Å². The SMILES string of the molecule is CC(CCN)c1ccc(Cl)cc1.CCO. The second-order valence-electron chi connectivity index (χ2n) is 3.35. The highest BCUT2D eigenvalue weighted by Gasteiger charge is 2.02. The average Bonchev–Trinajstić information content (AvgIpc) is 2.20. The Hall–Kier alpha value is -0.570. The summed E-state index contributed by atoms with van der Waals surface area (Å²) in [5.41, 5.74) is 6.78. The summed E-state index contributed by atoms with van der Waals surface area (Å²) in [5.74, 6) is 0.535. The van der Waals surface area contributed by atoms with Gasteiger partial charge in [-0.15, -0.1) is 0 Å². The molecule has 0 heterocycles. The first kappa shape index (κ1) is 14.4. The third-order valence-electron chi connectivity index (χ3n) is 2.04. The van der Waals surface area contributed by atoms with E-state index in [4.69, 9.17) is 22.4 Å². The van der Waals surface area contributed by atoms with Crippen LogP contribution in [-0.4, -0.2) is 18.3 Å². The van der Waals surface area contributed by atoms with Gasteiger partial charge in [0.2, 0.25) is 0 Å². The molecule has 3 N–H and O–H groups in total. The zero-order valence-corrected chi connectivity index (χ0v) is 10.2. The van der Waals surface area contributed by atoms with E-state index in [1.54, 1.807) is 6.92 Å². The maximum atomic E-state index is 7.57. The number of hydrogen-bond acceptors (Lipinski definition) is 2. The Labute approximate surface area is 97.1 Å². The van der Waals surface area contributed by atoms with Gasteiger partial charge in [0.15, 0.2) is 0 Å². The lowest BCUT2D eigenvalue weighted by Crippen LogP contribution is -2.04. The predicted molar refractivity (Wildman–Crippen MR) is 66.3 cm³/mol. The maximum absolute atomic E-state index is 7.57. The number of hydrogen-bond donors (Lipinski definition) is 2. The monoisotopic (exact) mass is 229 g/mol. The van der Waals surface area contributed by atoms with Crippen molar-refractivity contribution in [2.45, 2.75) is 26.2 Å². The maximum Gasteiger partial charge on any atom is 0.0406 e. The largest absolute Gasteiger partial charge is 0.397 e. The van der Waals surface area contributed by atoms with E-state index in [1.807, 2.05) is 12.1 Å². The van der Waals surface area contributed by atoms with Crippen LogP contribution in [0.3, 0.4) is 0 Å². The summed E-state index contributed by atoms with van der Waals surface area (Å²) in [7, 11) is 0. The van der Waals surface area contributed by atoms with Crippen LogP contribution in [0.1, 0.15) is 31.7 Å². The highest BCUT2D eigenvalue weighted by atomic mass is 35.5. The van der Waals surface area contributed by atoms with Crippen LogP contribution < -0.4 is 5.73 Å². The van der Waals surface area contributed by atoms with E-state index < -0.39 is 0 Å². The third kappa shape index (κ3) is 6.50. The summed E-state index contributed by atoms with van der Waals surface area (Å²) < 4.78 is 0. The first-order valence-electron chi connectivity index (χ1n) is 5.22. The Morgan fingerprint density at radius 2 is 1.80 bits per heavy atom. The van der Waals surface area contributed by atoms with Crippen LogP contribution in [0.4, 0.5) is 0 Å². The summed E-state index contributed by atoms with van der Waals surface area (Å²) in [5, 5.41) is 8.36. The number of aliphatic hydroxyl groups is 1. The van der Waals surface area contributed by atoms with Gasteiger partial charge in [0, 0.05) is 11.6 Å². The van der Waals surface area contributed by atoms with Crippen molar-refractivity contribution in [1.29, 1.82) is 0 Å². The minimum Gasteiger partial charge on any atom is -0.397 e. The Bertz CT molecular complexity index is 248. The van der Waals surface area contributed by atoms with E-state index in [9.17, 15) is 0 Å². The molecule has 3 heteroatoms. The summed E-state index contributed by atoms with van der Waals surface area (Å²) >= 11 is 5.77. The first-order valence-corrected chi connectivity index (χ1v) is 5.59. The van der Waals surface area contributed by atoms with Crippen LogP contribution in [0, 0.1) is 0 Å². The van der Waals surface area contributed by atoms with Gasteiger partial charge in [-0.2, -0.15) is 0 Å². The molecule has 15 heavy (non-hydrogen) atoms. The molecular formula is C12H20ClNO. The second kappa shape index (κ2) is 8.72. The molecule has 1 rings (SSSR count). The van der Waals surface area contributed by atoms with Gasteiger partial charge in [0.05, 0.1) is 0 Å². The van der Waals surface area contributed by atoms with Gasteiger partial charge < -0.3 is 10.8 Å². The van der Waals surface area contributed by atoms with Gasteiger partial charge in [0.25, 0.3) is 0 Å². The quantitative estimate of drug-likeness (QED) is 0.837. The molecule has 1 atom stereocenters. The van der Waals surface area contributed by atoms with E-state index in [0.29, 0.717) is 5.92 Å². The highest BCUT2D eigenvalue weighted by molar-refractivity contribution is 6.30. The standard InChI is InChI=1S/C10H14ClN.C2H6O/c1-8(6-7-12)9-2-4-10(11)5-3-9;1-2-3/h2-5,8H,6-7,12H2,1H3;3H,2H2,1H3. The van der Waals surface area contributed by atoms with Crippen molar-refractivity contribution in [3.05, 3.63) is 34.9 Å². The fraction of sp³-hybridized carbons (Fsp3) is 0.500.